The Kier molecular flexibility index (Phi) is 4.31. The summed E-state index contributed by atoms with van der Waals surface area (Å²) in [5.74, 6) is 1.04. The molecule has 7 heteroatoms. The van der Waals surface area contributed by atoms with Gasteiger partial charge in [-0.2, -0.15) is 9.97 Å². The Morgan fingerprint density at radius 1 is 1.38 bits per heavy atom. The number of rotatable bonds is 6. The van der Waals surface area contributed by atoms with E-state index in [9.17, 15) is 4.79 Å². The molecular weight excluding hydrogens is 208 g/mol. The lowest BCUT2D eigenvalue weighted by atomic mass is 10.4. The van der Waals surface area contributed by atoms with Crippen LogP contribution in [0.25, 0.3) is 0 Å². The molecule has 0 aromatic carbocycles. The summed E-state index contributed by atoms with van der Waals surface area (Å²) in [4.78, 5) is 18.5. The van der Waals surface area contributed by atoms with Crippen molar-refractivity contribution >= 4 is 23.5 Å². The van der Waals surface area contributed by atoms with Crippen molar-refractivity contribution in [2.45, 2.75) is 13.3 Å². The van der Waals surface area contributed by atoms with Crippen molar-refractivity contribution in [1.29, 1.82) is 0 Å². The number of nitrogen functional groups attached to an aromatic ring is 1. The lowest BCUT2D eigenvalue weighted by Crippen LogP contribution is -2.16. The highest BCUT2D eigenvalue weighted by atomic mass is 16.1. The van der Waals surface area contributed by atoms with Gasteiger partial charge in [0.1, 0.15) is 11.6 Å². The van der Waals surface area contributed by atoms with Crippen LogP contribution in [-0.4, -0.2) is 29.0 Å². The monoisotopic (exact) mass is 224 g/mol. The number of anilines is 3. The molecule has 0 aliphatic rings. The van der Waals surface area contributed by atoms with Crippen molar-refractivity contribution in [2.75, 3.05) is 29.5 Å². The molecule has 1 heterocycles. The predicted octanol–water partition coefficient (Wildman–Crippen LogP) is -0.222. The minimum absolute atomic E-state index is 0.181. The van der Waals surface area contributed by atoms with Crippen molar-refractivity contribution in [3.8, 4) is 0 Å². The summed E-state index contributed by atoms with van der Waals surface area (Å²) >= 11 is 0. The Hall–Kier alpha value is -2.05. The van der Waals surface area contributed by atoms with E-state index in [2.05, 4.69) is 20.6 Å². The maximum absolute atomic E-state index is 10.5. The smallest absolute Gasteiger partial charge is 0.223 e. The highest BCUT2D eigenvalue weighted by Gasteiger charge is 2.01. The molecule has 1 aromatic rings. The van der Waals surface area contributed by atoms with Crippen LogP contribution in [0.4, 0.5) is 17.6 Å². The minimum atomic E-state index is -0.360. The normalized spacial score (nSPS) is 9.81. The van der Waals surface area contributed by atoms with E-state index in [0.29, 0.717) is 18.2 Å². The molecule has 88 valence electrons. The number of nitrogens with one attached hydrogen (secondary N) is 2. The highest BCUT2D eigenvalue weighted by Crippen LogP contribution is 2.11. The van der Waals surface area contributed by atoms with E-state index in [1.165, 1.54) is 0 Å². The van der Waals surface area contributed by atoms with Crippen LogP contribution in [0.5, 0.6) is 0 Å². The van der Waals surface area contributed by atoms with Crippen molar-refractivity contribution in [3.05, 3.63) is 6.07 Å². The van der Waals surface area contributed by atoms with Crippen LogP contribution < -0.4 is 22.1 Å². The number of hydrogen-bond acceptors (Lipinski definition) is 6. The van der Waals surface area contributed by atoms with Gasteiger partial charge in [0.2, 0.25) is 11.9 Å². The van der Waals surface area contributed by atoms with E-state index in [1.807, 2.05) is 6.92 Å². The minimum Gasteiger partial charge on any atom is -0.370 e. The van der Waals surface area contributed by atoms with Gasteiger partial charge in [0, 0.05) is 25.6 Å². The zero-order chi connectivity index (χ0) is 12.0. The second kappa shape index (κ2) is 5.74. The van der Waals surface area contributed by atoms with Crippen LogP contribution in [0.2, 0.25) is 0 Å². The summed E-state index contributed by atoms with van der Waals surface area (Å²) in [6, 6.07) is 1.72. The maximum Gasteiger partial charge on any atom is 0.223 e. The van der Waals surface area contributed by atoms with Crippen LogP contribution in [0, 0.1) is 0 Å². The first kappa shape index (κ1) is 12.0. The third-order valence-corrected chi connectivity index (χ3v) is 1.78. The number of carbonyl (C=O) groups is 1. The van der Waals surface area contributed by atoms with E-state index in [0.717, 1.165) is 6.54 Å². The molecule has 1 rings (SSSR count). The number of amides is 1. The maximum atomic E-state index is 10.5. The van der Waals surface area contributed by atoms with E-state index in [4.69, 9.17) is 11.5 Å². The zero-order valence-electron chi connectivity index (χ0n) is 9.16. The number of primary amides is 1. The van der Waals surface area contributed by atoms with E-state index >= 15 is 0 Å². The summed E-state index contributed by atoms with van der Waals surface area (Å²) in [6.45, 7) is 3.13. The van der Waals surface area contributed by atoms with Gasteiger partial charge in [-0.15, -0.1) is 0 Å². The third-order valence-electron chi connectivity index (χ3n) is 1.78. The molecule has 6 N–H and O–H groups in total. The van der Waals surface area contributed by atoms with Gasteiger partial charge < -0.3 is 22.1 Å². The van der Waals surface area contributed by atoms with Gasteiger partial charge in [-0.3, -0.25) is 4.79 Å². The molecule has 0 atom stereocenters. The number of nitrogens with zero attached hydrogens (tertiary/aromatic N) is 2. The van der Waals surface area contributed by atoms with Gasteiger partial charge in [-0.1, -0.05) is 0 Å². The van der Waals surface area contributed by atoms with Crippen molar-refractivity contribution < 1.29 is 4.79 Å². The van der Waals surface area contributed by atoms with Gasteiger partial charge in [0.15, 0.2) is 0 Å². The molecule has 0 fully saturated rings. The highest BCUT2D eigenvalue weighted by molar-refractivity contribution is 5.74. The van der Waals surface area contributed by atoms with Crippen LogP contribution in [0.15, 0.2) is 6.07 Å². The average molecular weight is 224 g/mol. The summed E-state index contributed by atoms with van der Waals surface area (Å²) in [7, 11) is 0. The third kappa shape index (κ3) is 3.99. The van der Waals surface area contributed by atoms with E-state index in [-0.39, 0.29) is 18.3 Å². The number of aromatic nitrogens is 2. The predicted molar refractivity (Wildman–Crippen MR) is 62.9 cm³/mol. The summed E-state index contributed by atoms with van der Waals surface area (Å²) in [5, 5.41) is 5.97. The molecule has 16 heavy (non-hydrogen) atoms. The van der Waals surface area contributed by atoms with Gasteiger partial charge >= 0.3 is 0 Å². The second-order valence-corrected chi connectivity index (χ2v) is 3.17. The van der Waals surface area contributed by atoms with E-state index in [1.54, 1.807) is 6.07 Å². The first-order chi connectivity index (χ1) is 7.61. The van der Waals surface area contributed by atoms with Crippen LogP contribution in [-0.2, 0) is 4.79 Å². The molecule has 0 spiro atoms. The van der Waals surface area contributed by atoms with Crippen LogP contribution in [0.1, 0.15) is 13.3 Å². The lowest BCUT2D eigenvalue weighted by molar-refractivity contribution is -0.117. The average Bonchev–Trinajstić information content (AvgIpc) is 2.16. The number of hydrogen-bond donors (Lipinski definition) is 4. The molecule has 0 unspecified atom stereocenters. The zero-order valence-corrected chi connectivity index (χ0v) is 9.16. The number of carbonyl (C=O) groups excluding carboxylic acids is 1. The molecule has 0 aliphatic heterocycles. The Morgan fingerprint density at radius 3 is 2.56 bits per heavy atom. The fourth-order valence-electron chi connectivity index (χ4n) is 1.14. The molecule has 0 aliphatic carbocycles. The molecule has 0 saturated carbocycles. The summed E-state index contributed by atoms with van der Waals surface area (Å²) in [6.07, 6.45) is 0.250. The van der Waals surface area contributed by atoms with Crippen molar-refractivity contribution in [1.82, 2.24) is 9.97 Å². The largest absolute Gasteiger partial charge is 0.370 e. The lowest BCUT2D eigenvalue weighted by Gasteiger charge is -2.07. The van der Waals surface area contributed by atoms with Gasteiger partial charge in [0.25, 0.3) is 0 Å². The molecule has 1 aromatic heterocycles. The van der Waals surface area contributed by atoms with Gasteiger partial charge in [0.05, 0.1) is 0 Å². The van der Waals surface area contributed by atoms with Crippen LogP contribution >= 0.6 is 0 Å². The van der Waals surface area contributed by atoms with Gasteiger partial charge in [-0.05, 0) is 6.92 Å². The number of nitrogens with two attached hydrogens (primary N) is 2. The van der Waals surface area contributed by atoms with Crippen molar-refractivity contribution in [3.63, 3.8) is 0 Å². The molecule has 0 radical (unpaired) electrons. The van der Waals surface area contributed by atoms with Crippen molar-refractivity contribution in [2.24, 2.45) is 5.73 Å². The Morgan fingerprint density at radius 2 is 2.00 bits per heavy atom. The van der Waals surface area contributed by atoms with Crippen LogP contribution in [0.3, 0.4) is 0 Å². The topological polar surface area (TPSA) is 119 Å². The summed E-state index contributed by atoms with van der Waals surface area (Å²) in [5.41, 5.74) is 10.5. The Balaban J connectivity index is 2.61. The first-order valence-electron chi connectivity index (χ1n) is 5.02. The van der Waals surface area contributed by atoms with Gasteiger partial charge in [-0.25, -0.2) is 0 Å². The Labute approximate surface area is 93.6 Å². The summed E-state index contributed by atoms with van der Waals surface area (Å²) < 4.78 is 0. The quantitative estimate of drug-likeness (QED) is 0.530. The fourth-order valence-corrected chi connectivity index (χ4v) is 1.14. The fraction of sp³-hybridized carbons (Fsp3) is 0.444. The second-order valence-electron chi connectivity index (χ2n) is 3.17. The van der Waals surface area contributed by atoms with E-state index < -0.39 is 0 Å². The molecule has 7 nitrogen and oxygen atoms in total. The molecule has 0 saturated heterocycles. The molecule has 0 bridgehead atoms. The Bertz CT molecular complexity index is 367. The molecular formula is C9H16N6O. The molecule has 1 amide bonds. The SMILES string of the molecule is CCNc1cc(NCCC(N)=O)nc(N)n1. The standard InChI is InChI=1S/C9H16N6O/c1-2-12-7-5-8(15-9(11)14-7)13-4-3-6(10)16/h5H,2-4H2,1H3,(H2,10,16)(H4,11,12,13,14,15). The first-order valence-corrected chi connectivity index (χ1v) is 5.02.